The number of hydrogen-bond acceptors (Lipinski definition) is 3. The van der Waals surface area contributed by atoms with E-state index >= 15 is 0 Å². The fraction of sp³-hybridized carbons (Fsp3) is 0.295. The Labute approximate surface area is 494 Å². The quantitative estimate of drug-likeness (QED) is 0.166. The maximum atomic E-state index is 7.34. The van der Waals surface area contributed by atoms with Crippen molar-refractivity contribution in [2.24, 2.45) is 0 Å². The minimum atomic E-state index is -0.351. The fourth-order valence-corrected chi connectivity index (χ4v) is 16.8. The molecule has 0 amide bonds. The lowest BCUT2D eigenvalue weighted by Gasteiger charge is -2.44. The number of nitrogens with zero attached hydrogens (tertiary/aromatic N) is 4. The van der Waals surface area contributed by atoms with E-state index in [9.17, 15) is 0 Å². The van der Waals surface area contributed by atoms with E-state index < -0.39 is 0 Å². The van der Waals surface area contributed by atoms with E-state index in [1.54, 1.807) is 0 Å². The molecule has 17 rings (SSSR count). The Morgan fingerprint density at radius 1 is 0.488 bits per heavy atom. The lowest BCUT2D eigenvalue weighted by molar-refractivity contribution is 0.332. The predicted molar refractivity (Wildman–Crippen MR) is 354 cm³/mol. The summed E-state index contributed by atoms with van der Waals surface area (Å²) in [7, 11) is 0. The summed E-state index contributed by atoms with van der Waals surface area (Å²) < 4.78 is 12.5. The smallest absolute Gasteiger partial charge is 0.333 e. The second kappa shape index (κ2) is 16.2. The van der Waals surface area contributed by atoms with E-state index in [4.69, 9.17) is 9.40 Å². The molecule has 9 aromatic carbocycles. The molecule has 0 N–H and O–H groups in total. The van der Waals surface area contributed by atoms with Gasteiger partial charge < -0.3 is 13.8 Å². The SMILES string of the molecule is CC(C)(C)c1ccc(N2B3c4cc5nc(-c6ccccc6)n(-c6ccccc6)c5cc4-n4c5cc6c(cc5c5c7c(c(c3c54)-c3cc4oc5cc8c(cc5c4cc32)C(C)(C)CCC8(C)C)C(C)(C)c2ccccc2-7)C(C)(C)CCC6(C)C)cc1. The van der Waals surface area contributed by atoms with Crippen molar-refractivity contribution in [1.82, 2.24) is 14.1 Å². The molecule has 12 aromatic rings. The maximum Gasteiger partial charge on any atom is 0.333 e. The predicted octanol–water partition coefficient (Wildman–Crippen LogP) is 19.2. The molecular weight excluding hydrogens is 1020 g/mol. The van der Waals surface area contributed by atoms with Gasteiger partial charge in [-0.1, -0.05) is 175 Å². The Morgan fingerprint density at radius 3 is 1.74 bits per heavy atom. The number of fused-ring (bicyclic) bond motifs is 19. The van der Waals surface area contributed by atoms with Crippen molar-refractivity contribution in [3.8, 4) is 45.0 Å². The largest absolute Gasteiger partial charge is 0.456 e. The van der Waals surface area contributed by atoms with E-state index in [1.165, 1.54) is 111 Å². The molecule has 5 heterocycles. The summed E-state index contributed by atoms with van der Waals surface area (Å²) in [5, 5.41) is 5.06. The third kappa shape index (κ3) is 6.55. The third-order valence-electron chi connectivity index (χ3n) is 21.7. The van der Waals surface area contributed by atoms with Crippen molar-refractivity contribution in [3.63, 3.8) is 0 Å². The van der Waals surface area contributed by atoms with Crippen LogP contribution in [0.4, 0.5) is 11.4 Å². The van der Waals surface area contributed by atoms with Crippen LogP contribution in [0.1, 0.15) is 155 Å². The van der Waals surface area contributed by atoms with Crippen molar-refractivity contribution in [3.05, 3.63) is 197 Å². The number of imidazole rings is 1. The second-order valence-corrected chi connectivity index (χ2v) is 30.0. The van der Waals surface area contributed by atoms with Crippen LogP contribution in [-0.4, -0.2) is 21.0 Å². The van der Waals surface area contributed by atoms with Crippen molar-refractivity contribution < 1.29 is 4.42 Å². The van der Waals surface area contributed by atoms with Crippen molar-refractivity contribution in [2.75, 3.05) is 4.81 Å². The van der Waals surface area contributed by atoms with Gasteiger partial charge in [0.2, 0.25) is 0 Å². The van der Waals surface area contributed by atoms with Gasteiger partial charge in [0, 0.05) is 60.8 Å². The summed E-state index contributed by atoms with van der Waals surface area (Å²) >= 11 is 0. The van der Waals surface area contributed by atoms with E-state index in [0.717, 1.165) is 76.0 Å². The molecule has 0 spiro atoms. The summed E-state index contributed by atoms with van der Waals surface area (Å²) in [4.78, 5) is 8.50. The van der Waals surface area contributed by atoms with E-state index in [1.807, 2.05) is 0 Å². The van der Waals surface area contributed by atoms with Gasteiger partial charge in [0.15, 0.2) is 0 Å². The first-order valence-electron chi connectivity index (χ1n) is 31.0. The molecule has 84 heavy (non-hydrogen) atoms. The second-order valence-electron chi connectivity index (χ2n) is 30.0. The first-order valence-corrected chi connectivity index (χ1v) is 31.0. The zero-order valence-corrected chi connectivity index (χ0v) is 51.1. The lowest BCUT2D eigenvalue weighted by atomic mass is 9.43. The molecular formula is C78H73BN4O. The van der Waals surface area contributed by atoms with Crippen LogP contribution < -0.4 is 15.7 Å². The lowest BCUT2D eigenvalue weighted by Crippen LogP contribution is -2.61. The first kappa shape index (κ1) is 50.4. The van der Waals surface area contributed by atoms with Gasteiger partial charge in [-0.2, -0.15) is 0 Å². The van der Waals surface area contributed by atoms with Crippen LogP contribution in [0.3, 0.4) is 0 Å². The Balaban J connectivity index is 1.09. The summed E-state index contributed by atoms with van der Waals surface area (Å²) in [6, 6.07) is 60.9. The van der Waals surface area contributed by atoms with Crippen molar-refractivity contribution in [1.29, 1.82) is 0 Å². The van der Waals surface area contributed by atoms with Crippen LogP contribution in [0, 0.1) is 0 Å². The molecule has 414 valence electrons. The Kier molecular flexibility index (Phi) is 9.73. The summed E-state index contributed by atoms with van der Waals surface area (Å²) in [5.41, 5.74) is 29.8. The van der Waals surface area contributed by atoms with Crippen molar-refractivity contribution >= 4 is 83.9 Å². The van der Waals surface area contributed by atoms with Gasteiger partial charge in [0.05, 0.1) is 22.1 Å². The summed E-state index contributed by atoms with van der Waals surface area (Å²) in [6.07, 6.45) is 4.58. The topological polar surface area (TPSA) is 39.1 Å². The molecule has 0 radical (unpaired) electrons. The zero-order valence-electron chi connectivity index (χ0n) is 51.1. The van der Waals surface area contributed by atoms with Crippen LogP contribution in [0.2, 0.25) is 0 Å². The number of para-hydroxylation sites is 1. The molecule has 3 aliphatic carbocycles. The molecule has 5 aliphatic rings. The van der Waals surface area contributed by atoms with Gasteiger partial charge in [0.25, 0.3) is 0 Å². The zero-order chi connectivity index (χ0) is 57.7. The summed E-state index contributed by atoms with van der Waals surface area (Å²) in [5.74, 6) is 0.932. The highest BCUT2D eigenvalue weighted by molar-refractivity contribution is 6.94. The third-order valence-corrected chi connectivity index (χ3v) is 21.7. The molecule has 6 heteroatoms. The first-order chi connectivity index (χ1) is 40.0. The number of hydrogen-bond donors (Lipinski definition) is 0. The van der Waals surface area contributed by atoms with E-state index in [0.29, 0.717) is 0 Å². The van der Waals surface area contributed by atoms with Gasteiger partial charge in [-0.25, -0.2) is 4.98 Å². The highest BCUT2D eigenvalue weighted by atomic mass is 16.3. The average Bonchev–Trinajstić information content (AvgIpc) is 1.44. The minimum Gasteiger partial charge on any atom is -0.456 e. The van der Waals surface area contributed by atoms with Crippen LogP contribution >= 0.6 is 0 Å². The number of anilines is 2. The molecule has 0 saturated carbocycles. The molecule has 3 aromatic heterocycles. The summed E-state index contributed by atoms with van der Waals surface area (Å²) in [6.45, 7) is 31.4. The molecule has 0 bridgehead atoms. The minimum absolute atomic E-state index is 0.00250. The monoisotopic (exact) mass is 1090 g/mol. The van der Waals surface area contributed by atoms with Gasteiger partial charge in [0.1, 0.15) is 17.0 Å². The fourth-order valence-electron chi connectivity index (χ4n) is 16.8. The Hall–Kier alpha value is -8.09. The number of furan rings is 1. The molecule has 0 unspecified atom stereocenters. The molecule has 5 nitrogen and oxygen atoms in total. The van der Waals surface area contributed by atoms with Crippen LogP contribution in [-0.2, 0) is 32.5 Å². The number of rotatable bonds is 3. The molecule has 0 saturated heterocycles. The highest BCUT2D eigenvalue weighted by Gasteiger charge is 2.51. The number of aromatic nitrogens is 3. The standard InChI is InChI=1S/C78H73BN4O/c1-73(2,3)45-28-30-47(31-29-45)83-61-38-50-49-36-54-57(77(10,11)35-33-74(54,4)5)41-65(49)84-64(50)39-52(61)68-69-66(48-26-20-21-27-53(48)78(69,12)13)67-51-37-55-56(76(8,9)34-32-75(55,6)7)40-60(51)82-62-43-63-59(42-58(62)79(83)70(68)71(67)82)80-72(44-22-16-14-17-23-44)81(63)46-24-18-15-19-25-46/h14-31,36-43H,32-35H2,1-13H3. The van der Waals surface area contributed by atoms with Gasteiger partial charge in [-0.3, -0.25) is 4.57 Å². The van der Waals surface area contributed by atoms with Gasteiger partial charge in [-0.05, 0) is 192 Å². The molecule has 0 fully saturated rings. The molecule has 2 aliphatic heterocycles. The van der Waals surface area contributed by atoms with E-state index in [-0.39, 0.29) is 39.3 Å². The maximum absolute atomic E-state index is 7.34. The molecule has 0 atom stereocenters. The Bertz CT molecular complexity index is 4900. The van der Waals surface area contributed by atoms with Crippen LogP contribution in [0.15, 0.2) is 162 Å². The number of benzene rings is 9. The van der Waals surface area contributed by atoms with Crippen LogP contribution in [0.5, 0.6) is 0 Å². The Morgan fingerprint density at radius 2 is 1.07 bits per heavy atom. The van der Waals surface area contributed by atoms with Crippen LogP contribution in [0.25, 0.3) is 99.8 Å². The average molecular weight is 1090 g/mol. The van der Waals surface area contributed by atoms with Gasteiger partial charge in [-0.15, -0.1) is 0 Å². The van der Waals surface area contributed by atoms with Gasteiger partial charge >= 0.3 is 6.85 Å². The normalized spacial score (nSPS) is 18.1. The van der Waals surface area contributed by atoms with E-state index in [2.05, 4.69) is 262 Å². The van der Waals surface area contributed by atoms with Crippen molar-refractivity contribution in [2.45, 2.75) is 148 Å². The highest BCUT2D eigenvalue weighted by Crippen LogP contribution is 2.61.